The largest absolute Gasteiger partial charge is 0.451 e. The second-order valence-corrected chi connectivity index (χ2v) is 4.42. The van der Waals surface area contributed by atoms with Crippen molar-refractivity contribution in [1.82, 2.24) is 5.48 Å². The van der Waals surface area contributed by atoms with Gasteiger partial charge in [-0.25, -0.2) is 5.48 Å². The van der Waals surface area contributed by atoms with Gasteiger partial charge in [0.15, 0.2) is 5.76 Å². The minimum atomic E-state index is -0.662. The van der Waals surface area contributed by atoms with Crippen molar-refractivity contribution in [2.75, 3.05) is 0 Å². The molecule has 2 aromatic rings. The number of carbonyl (C=O) groups is 1. The molecule has 0 radical (unpaired) electrons. The summed E-state index contributed by atoms with van der Waals surface area (Å²) in [6, 6.07) is 8.95. The molecule has 17 heavy (non-hydrogen) atoms. The van der Waals surface area contributed by atoms with Crippen LogP contribution in [0.4, 0.5) is 0 Å². The predicted molar refractivity (Wildman–Crippen MR) is 65.8 cm³/mol. The van der Waals surface area contributed by atoms with Crippen LogP contribution in [0.5, 0.6) is 0 Å². The minimum absolute atomic E-state index is 0.0723. The van der Waals surface area contributed by atoms with Crippen LogP contribution in [-0.2, 0) is 0 Å². The number of nitrogens with one attached hydrogen (secondary N) is 1. The zero-order valence-electron chi connectivity index (χ0n) is 9.03. The fourth-order valence-electron chi connectivity index (χ4n) is 1.47. The average Bonchev–Trinajstić information content (AvgIpc) is 2.81. The number of hydroxylamine groups is 1. The molecule has 0 atom stereocenters. The van der Waals surface area contributed by atoms with Crippen LogP contribution in [0.3, 0.4) is 0 Å². The molecule has 0 unspecified atom stereocenters. The minimum Gasteiger partial charge on any atom is -0.451 e. The van der Waals surface area contributed by atoms with Crippen molar-refractivity contribution >= 4 is 21.8 Å². The maximum absolute atomic E-state index is 11.1. The van der Waals surface area contributed by atoms with E-state index in [0.717, 1.165) is 15.6 Å². The summed E-state index contributed by atoms with van der Waals surface area (Å²) in [5, 5.41) is 8.48. The van der Waals surface area contributed by atoms with Gasteiger partial charge in [0.1, 0.15) is 5.76 Å². The maximum Gasteiger partial charge on any atom is 0.310 e. The molecule has 5 heteroatoms. The summed E-state index contributed by atoms with van der Waals surface area (Å²) in [5.74, 6) is -0.00708. The van der Waals surface area contributed by atoms with Gasteiger partial charge in [-0.2, -0.15) is 0 Å². The molecule has 1 heterocycles. The van der Waals surface area contributed by atoms with Gasteiger partial charge in [-0.15, -0.1) is 0 Å². The summed E-state index contributed by atoms with van der Waals surface area (Å²) in [7, 11) is 0. The van der Waals surface area contributed by atoms with Gasteiger partial charge in [-0.3, -0.25) is 10.0 Å². The van der Waals surface area contributed by atoms with Crippen LogP contribution in [0.1, 0.15) is 16.1 Å². The predicted octanol–water partition coefficient (Wildman–Crippen LogP) is 3.14. The Morgan fingerprint density at radius 1 is 1.35 bits per heavy atom. The standard InChI is InChI=1S/C12H10BrNO3/c1-7-6-8(2-3-9(7)13)10-4-5-11(17-10)12(15)14-16/h2-6,16H,1H3,(H,14,15). The molecule has 0 spiro atoms. The number of benzene rings is 1. The lowest BCUT2D eigenvalue weighted by atomic mass is 10.1. The summed E-state index contributed by atoms with van der Waals surface area (Å²) in [4.78, 5) is 11.1. The van der Waals surface area contributed by atoms with Crippen LogP contribution in [-0.4, -0.2) is 11.1 Å². The van der Waals surface area contributed by atoms with E-state index in [9.17, 15) is 4.79 Å². The third-order valence-electron chi connectivity index (χ3n) is 2.37. The lowest BCUT2D eigenvalue weighted by Crippen LogP contribution is -2.17. The summed E-state index contributed by atoms with van der Waals surface area (Å²) >= 11 is 3.41. The molecule has 1 aromatic carbocycles. The lowest BCUT2D eigenvalue weighted by molar-refractivity contribution is 0.0677. The fraction of sp³-hybridized carbons (Fsp3) is 0.0833. The summed E-state index contributed by atoms with van der Waals surface area (Å²) in [5.41, 5.74) is 3.48. The summed E-state index contributed by atoms with van der Waals surface area (Å²) in [6.07, 6.45) is 0. The second-order valence-electron chi connectivity index (χ2n) is 3.57. The zero-order chi connectivity index (χ0) is 12.4. The van der Waals surface area contributed by atoms with Crippen LogP contribution in [0.15, 0.2) is 39.2 Å². The number of hydrogen-bond donors (Lipinski definition) is 2. The third kappa shape index (κ3) is 2.40. The van der Waals surface area contributed by atoms with E-state index in [1.165, 1.54) is 11.5 Å². The van der Waals surface area contributed by atoms with E-state index >= 15 is 0 Å². The second kappa shape index (κ2) is 4.73. The number of amides is 1. The van der Waals surface area contributed by atoms with E-state index in [1.807, 2.05) is 25.1 Å². The van der Waals surface area contributed by atoms with Gasteiger partial charge >= 0.3 is 5.91 Å². The van der Waals surface area contributed by atoms with Crippen molar-refractivity contribution in [3.05, 3.63) is 46.1 Å². The fourth-order valence-corrected chi connectivity index (χ4v) is 1.71. The topological polar surface area (TPSA) is 62.5 Å². The highest BCUT2D eigenvalue weighted by atomic mass is 79.9. The highest BCUT2D eigenvalue weighted by Crippen LogP contribution is 2.26. The summed E-state index contributed by atoms with van der Waals surface area (Å²) < 4.78 is 6.34. The normalized spacial score (nSPS) is 10.3. The van der Waals surface area contributed by atoms with E-state index in [2.05, 4.69) is 15.9 Å². The molecule has 0 aliphatic carbocycles. The molecule has 1 aromatic heterocycles. The summed E-state index contributed by atoms with van der Waals surface area (Å²) in [6.45, 7) is 1.97. The first-order valence-electron chi connectivity index (χ1n) is 4.92. The van der Waals surface area contributed by atoms with E-state index in [-0.39, 0.29) is 5.76 Å². The number of rotatable bonds is 2. The van der Waals surface area contributed by atoms with Crippen LogP contribution >= 0.6 is 15.9 Å². The molecular weight excluding hydrogens is 286 g/mol. The highest BCUT2D eigenvalue weighted by Gasteiger charge is 2.11. The molecule has 0 aliphatic heterocycles. The highest BCUT2D eigenvalue weighted by molar-refractivity contribution is 9.10. The SMILES string of the molecule is Cc1cc(-c2ccc(C(=O)NO)o2)ccc1Br. The van der Waals surface area contributed by atoms with Crippen molar-refractivity contribution < 1.29 is 14.4 Å². The Labute approximate surface area is 106 Å². The van der Waals surface area contributed by atoms with Crippen molar-refractivity contribution in [2.45, 2.75) is 6.92 Å². The monoisotopic (exact) mass is 295 g/mol. The van der Waals surface area contributed by atoms with Gasteiger partial charge in [0.2, 0.25) is 0 Å². The first-order valence-corrected chi connectivity index (χ1v) is 5.72. The van der Waals surface area contributed by atoms with E-state index in [4.69, 9.17) is 9.62 Å². The first kappa shape index (κ1) is 11.9. The van der Waals surface area contributed by atoms with Gasteiger partial charge in [0.25, 0.3) is 0 Å². The zero-order valence-corrected chi connectivity index (χ0v) is 10.6. The van der Waals surface area contributed by atoms with Crippen LogP contribution in [0, 0.1) is 6.92 Å². The van der Waals surface area contributed by atoms with Gasteiger partial charge in [0.05, 0.1) is 0 Å². The Balaban J connectivity index is 2.37. The maximum atomic E-state index is 11.1. The van der Waals surface area contributed by atoms with Crippen molar-refractivity contribution in [1.29, 1.82) is 0 Å². The Hall–Kier alpha value is -1.59. The number of furan rings is 1. The van der Waals surface area contributed by atoms with Gasteiger partial charge in [0, 0.05) is 10.0 Å². The average molecular weight is 296 g/mol. The van der Waals surface area contributed by atoms with Gasteiger partial charge in [-0.1, -0.05) is 22.0 Å². The molecule has 0 aliphatic rings. The smallest absolute Gasteiger partial charge is 0.310 e. The van der Waals surface area contributed by atoms with Crippen LogP contribution < -0.4 is 5.48 Å². The number of carbonyl (C=O) groups excluding carboxylic acids is 1. The molecule has 88 valence electrons. The third-order valence-corrected chi connectivity index (χ3v) is 3.26. The molecule has 0 saturated heterocycles. The number of halogens is 1. The number of hydrogen-bond acceptors (Lipinski definition) is 3. The van der Waals surface area contributed by atoms with Gasteiger partial charge < -0.3 is 4.42 Å². The van der Waals surface area contributed by atoms with Gasteiger partial charge in [-0.05, 0) is 36.8 Å². The van der Waals surface area contributed by atoms with E-state index in [0.29, 0.717) is 5.76 Å². The molecule has 2 N–H and O–H groups in total. The Kier molecular flexibility index (Phi) is 3.31. The number of aryl methyl sites for hydroxylation is 1. The molecule has 4 nitrogen and oxygen atoms in total. The molecule has 0 bridgehead atoms. The van der Waals surface area contributed by atoms with E-state index in [1.54, 1.807) is 6.07 Å². The molecule has 2 rings (SSSR count). The molecule has 1 amide bonds. The Morgan fingerprint density at radius 3 is 2.76 bits per heavy atom. The van der Waals surface area contributed by atoms with E-state index < -0.39 is 5.91 Å². The quantitative estimate of drug-likeness (QED) is 0.661. The molecule has 0 fully saturated rings. The lowest BCUT2D eigenvalue weighted by Gasteiger charge is -2.01. The van der Waals surface area contributed by atoms with Crippen LogP contribution in [0.2, 0.25) is 0 Å². The van der Waals surface area contributed by atoms with Crippen molar-refractivity contribution in [3.8, 4) is 11.3 Å². The Bertz CT molecular complexity index is 563. The molecule has 0 saturated carbocycles. The van der Waals surface area contributed by atoms with Crippen molar-refractivity contribution in [2.24, 2.45) is 0 Å². The van der Waals surface area contributed by atoms with Crippen LogP contribution in [0.25, 0.3) is 11.3 Å². The first-order chi connectivity index (χ1) is 8.11. The van der Waals surface area contributed by atoms with Crippen molar-refractivity contribution in [3.63, 3.8) is 0 Å². The Morgan fingerprint density at radius 2 is 2.12 bits per heavy atom. The molecular formula is C12H10BrNO3.